The molecule has 0 saturated heterocycles. The number of rotatable bonds is 0. The Kier molecular flexibility index (Phi) is 1.69. The zero-order valence-electron chi connectivity index (χ0n) is 7.72. The number of hydrogen-bond acceptors (Lipinski definition) is 1. The van der Waals surface area contributed by atoms with Gasteiger partial charge in [0, 0.05) is 6.20 Å². The van der Waals surface area contributed by atoms with Crippen LogP contribution in [0.5, 0.6) is 0 Å². The Morgan fingerprint density at radius 1 is 1.08 bits per heavy atom. The minimum atomic E-state index is -0.00120. The summed E-state index contributed by atoms with van der Waals surface area (Å²) in [5, 5.41) is 1.85. The fraction of sp³-hybridized carbons (Fsp3) is 0.182. The van der Waals surface area contributed by atoms with E-state index in [2.05, 4.69) is 4.98 Å². The lowest BCUT2D eigenvalue weighted by Gasteiger charge is -2.03. The average Bonchev–Trinajstić information content (AvgIpc) is 2.12. The van der Waals surface area contributed by atoms with Crippen molar-refractivity contribution < 1.29 is 0 Å². The number of benzene rings is 1. The number of nitrogens with one attached hydrogen (secondary N) is 1. The molecule has 0 aliphatic rings. The highest BCUT2D eigenvalue weighted by Crippen LogP contribution is 2.17. The summed E-state index contributed by atoms with van der Waals surface area (Å²) in [6, 6.07) is 5.96. The van der Waals surface area contributed by atoms with E-state index in [9.17, 15) is 4.79 Å². The molecule has 0 amide bonds. The van der Waals surface area contributed by atoms with Gasteiger partial charge in [-0.15, -0.1) is 0 Å². The lowest BCUT2D eigenvalue weighted by molar-refractivity contribution is 1.26. The van der Waals surface area contributed by atoms with Gasteiger partial charge in [-0.25, -0.2) is 0 Å². The van der Waals surface area contributed by atoms with Gasteiger partial charge < -0.3 is 4.98 Å². The van der Waals surface area contributed by atoms with Crippen LogP contribution < -0.4 is 5.56 Å². The van der Waals surface area contributed by atoms with Crippen LogP contribution in [0.2, 0.25) is 0 Å². The molecular weight excluding hydrogens is 162 g/mol. The van der Waals surface area contributed by atoms with Gasteiger partial charge in [0.1, 0.15) is 0 Å². The molecule has 0 radical (unpaired) electrons. The number of aromatic nitrogens is 1. The normalized spacial score (nSPS) is 10.6. The third-order valence-corrected chi connectivity index (χ3v) is 2.36. The van der Waals surface area contributed by atoms with E-state index in [-0.39, 0.29) is 5.56 Å². The Bertz CT molecular complexity index is 511. The van der Waals surface area contributed by atoms with Crippen LogP contribution in [0, 0.1) is 13.8 Å². The molecule has 0 atom stereocenters. The molecule has 0 unspecified atom stereocenters. The molecule has 0 spiro atoms. The highest BCUT2D eigenvalue weighted by Gasteiger charge is 2.02. The first kappa shape index (κ1) is 8.05. The number of hydrogen-bond donors (Lipinski definition) is 1. The summed E-state index contributed by atoms with van der Waals surface area (Å²) >= 11 is 0. The Balaban J connectivity index is 3.09. The summed E-state index contributed by atoms with van der Waals surface area (Å²) in [5.41, 5.74) is 2.17. The number of pyridine rings is 1. The number of H-pyrrole nitrogens is 1. The lowest BCUT2D eigenvalue weighted by Crippen LogP contribution is -2.06. The van der Waals surface area contributed by atoms with E-state index in [1.165, 1.54) is 0 Å². The maximum Gasteiger partial charge on any atom is 0.256 e. The molecule has 0 aliphatic heterocycles. The maximum atomic E-state index is 11.5. The van der Waals surface area contributed by atoms with E-state index in [1.807, 2.05) is 32.0 Å². The SMILES string of the molecule is Cc1ccc(C)c2c(=O)[nH]ccc12. The Morgan fingerprint density at radius 2 is 1.77 bits per heavy atom. The van der Waals surface area contributed by atoms with E-state index in [0.717, 1.165) is 21.9 Å². The van der Waals surface area contributed by atoms with Gasteiger partial charge in [0.05, 0.1) is 5.39 Å². The second-order valence-corrected chi connectivity index (χ2v) is 3.29. The van der Waals surface area contributed by atoms with Gasteiger partial charge in [-0.1, -0.05) is 12.1 Å². The maximum absolute atomic E-state index is 11.5. The quantitative estimate of drug-likeness (QED) is 0.650. The molecule has 2 rings (SSSR count). The molecule has 2 nitrogen and oxygen atoms in total. The predicted octanol–water partition coefficient (Wildman–Crippen LogP) is 2.14. The van der Waals surface area contributed by atoms with Crippen LogP contribution in [0.3, 0.4) is 0 Å². The molecule has 1 aromatic heterocycles. The zero-order chi connectivity index (χ0) is 9.42. The highest BCUT2D eigenvalue weighted by molar-refractivity contribution is 5.87. The van der Waals surface area contributed by atoms with E-state index in [0.29, 0.717) is 0 Å². The lowest BCUT2D eigenvalue weighted by atomic mass is 10.0. The van der Waals surface area contributed by atoms with Crippen LogP contribution in [0.1, 0.15) is 11.1 Å². The van der Waals surface area contributed by atoms with Crippen molar-refractivity contribution in [3.63, 3.8) is 0 Å². The summed E-state index contributed by atoms with van der Waals surface area (Å²) in [5.74, 6) is 0. The van der Waals surface area contributed by atoms with Crippen LogP contribution in [0.25, 0.3) is 10.8 Å². The van der Waals surface area contributed by atoms with Crippen molar-refractivity contribution in [1.82, 2.24) is 4.98 Å². The van der Waals surface area contributed by atoms with Crippen molar-refractivity contribution in [1.29, 1.82) is 0 Å². The van der Waals surface area contributed by atoms with Crippen molar-refractivity contribution in [3.05, 3.63) is 45.9 Å². The van der Waals surface area contributed by atoms with Gasteiger partial charge in [-0.3, -0.25) is 4.79 Å². The molecule has 66 valence electrons. The smallest absolute Gasteiger partial charge is 0.256 e. The Hall–Kier alpha value is -1.57. The van der Waals surface area contributed by atoms with Crippen LogP contribution in [0.15, 0.2) is 29.2 Å². The van der Waals surface area contributed by atoms with Crippen molar-refractivity contribution in [3.8, 4) is 0 Å². The molecule has 13 heavy (non-hydrogen) atoms. The molecule has 1 N–H and O–H groups in total. The van der Waals surface area contributed by atoms with E-state index in [1.54, 1.807) is 6.20 Å². The summed E-state index contributed by atoms with van der Waals surface area (Å²) in [7, 11) is 0. The van der Waals surface area contributed by atoms with Crippen molar-refractivity contribution >= 4 is 10.8 Å². The van der Waals surface area contributed by atoms with Gasteiger partial charge in [-0.05, 0) is 36.4 Å². The molecule has 2 heteroatoms. The Morgan fingerprint density at radius 3 is 2.46 bits per heavy atom. The van der Waals surface area contributed by atoms with E-state index < -0.39 is 0 Å². The summed E-state index contributed by atoms with van der Waals surface area (Å²) < 4.78 is 0. The van der Waals surface area contributed by atoms with E-state index in [4.69, 9.17) is 0 Å². The van der Waals surface area contributed by atoms with Gasteiger partial charge in [0.15, 0.2) is 0 Å². The fourth-order valence-electron chi connectivity index (χ4n) is 1.62. The summed E-state index contributed by atoms with van der Waals surface area (Å²) in [4.78, 5) is 14.2. The second kappa shape index (κ2) is 2.73. The standard InChI is InChI=1S/C11H11NO/c1-7-3-4-8(2)10-9(7)5-6-12-11(10)13/h3-6H,1-2H3,(H,12,13). The Labute approximate surface area is 76.2 Å². The molecule has 0 fully saturated rings. The zero-order valence-corrected chi connectivity index (χ0v) is 7.72. The van der Waals surface area contributed by atoms with E-state index >= 15 is 0 Å². The van der Waals surface area contributed by atoms with Gasteiger partial charge in [-0.2, -0.15) is 0 Å². The molecule has 0 saturated carbocycles. The van der Waals surface area contributed by atoms with Crippen molar-refractivity contribution in [2.45, 2.75) is 13.8 Å². The van der Waals surface area contributed by atoms with Crippen LogP contribution in [0.4, 0.5) is 0 Å². The van der Waals surface area contributed by atoms with Crippen molar-refractivity contribution in [2.24, 2.45) is 0 Å². The second-order valence-electron chi connectivity index (χ2n) is 3.29. The first-order chi connectivity index (χ1) is 6.20. The fourth-order valence-corrected chi connectivity index (χ4v) is 1.62. The first-order valence-electron chi connectivity index (χ1n) is 4.28. The highest BCUT2D eigenvalue weighted by atomic mass is 16.1. The van der Waals surface area contributed by atoms with Gasteiger partial charge in [0.25, 0.3) is 5.56 Å². The topological polar surface area (TPSA) is 32.9 Å². The minimum absolute atomic E-state index is 0.00120. The molecule has 0 bridgehead atoms. The summed E-state index contributed by atoms with van der Waals surface area (Å²) in [6.07, 6.45) is 1.69. The number of aromatic amines is 1. The largest absolute Gasteiger partial charge is 0.329 e. The predicted molar refractivity (Wildman–Crippen MR) is 54.0 cm³/mol. The molecule has 2 aromatic rings. The number of aryl methyl sites for hydroxylation is 2. The van der Waals surface area contributed by atoms with Crippen molar-refractivity contribution in [2.75, 3.05) is 0 Å². The number of fused-ring (bicyclic) bond motifs is 1. The molecular formula is C11H11NO. The molecule has 1 heterocycles. The molecule has 1 aromatic carbocycles. The van der Waals surface area contributed by atoms with Gasteiger partial charge >= 0.3 is 0 Å². The van der Waals surface area contributed by atoms with Crippen LogP contribution in [-0.2, 0) is 0 Å². The van der Waals surface area contributed by atoms with Gasteiger partial charge in [0.2, 0.25) is 0 Å². The monoisotopic (exact) mass is 173 g/mol. The third kappa shape index (κ3) is 1.15. The first-order valence-corrected chi connectivity index (χ1v) is 4.28. The molecule has 0 aliphatic carbocycles. The van der Waals surface area contributed by atoms with Crippen LogP contribution in [-0.4, -0.2) is 4.98 Å². The summed E-state index contributed by atoms with van der Waals surface area (Å²) in [6.45, 7) is 3.97. The average molecular weight is 173 g/mol. The van der Waals surface area contributed by atoms with Crippen LogP contribution >= 0.6 is 0 Å². The third-order valence-electron chi connectivity index (χ3n) is 2.36. The minimum Gasteiger partial charge on any atom is -0.329 e.